The van der Waals surface area contributed by atoms with Crippen molar-refractivity contribution < 1.29 is 0 Å². The van der Waals surface area contributed by atoms with Crippen LogP contribution in [0.4, 0.5) is 0 Å². The van der Waals surface area contributed by atoms with Gasteiger partial charge in [-0.3, -0.25) is 0 Å². The molecule has 0 spiro atoms. The van der Waals surface area contributed by atoms with Gasteiger partial charge in [0.2, 0.25) is 5.16 Å². The van der Waals surface area contributed by atoms with Crippen LogP contribution in [0.3, 0.4) is 0 Å². The molecule has 18 heavy (non-hydrogen) atoms. The van der Waals surface area contributed by atoms with E-state index in [1.54, 1.807) is 11.8 Å². The Morgan fingerprint density at radius 3 is 3.06 bits per heavy atom. The largest absolute Gasteiger partial charge is 0.212 e. The van der Waals surface area contributed by atoms with Gasteiger partial charge in [-0.15, -0.1) is 10.2 Å². The first kappa shape index (κ1) is 11.9. The molecule has 0 fully saturated rings. The molecular formula is C12H11BrN4S. The second kappa shape index (κ2) is 4.85. The average Bonchev–Trinajstić information content (AvgIpc) is 2.81. The first-order valence-electron chi connectivity index (χ1n) is 5.56. The number of benzene rings is 1. The fourth-order valence-electron chi connectivity index (χ4n) is 1.79. The summed E-state index contributed by atoms with van der Waals surface area (Å²) in [5, 5.41) is 14.6. The summed E-state index contributed by atoms with van der Waals surface area (Å²) in [7, 11) is 0. The SMILES string of the molecule is Cc1cccc(-c2nnc3n2N=C(CBr)CS3)c1. The van der Waals surface area contributed by atoms with Crippen molar-refractivity contribution in [2.75, 3.05) is 11.1 Å². The number of fused-ring (bicyclic) bond motifs is 1. The maximum atomic E-state index is 4.57. The van der Waals surface area contributed by atoms with Crippen molar-refractivity contribution in [3.05, 3.63) is 29.8 Å². The quantitative estimate of drug-likeness (QED) is 0.798. The zero-order valence-corrected chi connectivity index (χ0v) is 12.2. The molecule has 0 saturated carbocycles. The minimum atomic E-state index is 0.783. The van der Waals surface area contributed by atoms with Gasteiger partial charge in [-0.1, -0.05) is 51.5 Å². The normalized spacial score (nSPS) is 14.2. The molecule has 0 amide bonds. The van der Waals surface area contributed by atoms with Crippen molar-refractivity contribution in [2.45, 2.75) is 12.1 Å². The smallest absolute Gasteiger partial charge is 0.187 e. The van der Waals surface area contributed by atoms with E-state index in [-0.39, 0.29) is 0 Å². The Labute approximate surface area is 118 Å². The van der Waals surface area contributed by atoms with Crippen LogP contribution in [0.1, 0.15) is 5.56 Å². The molecule has 1 aliphatic heterocycles. The molecule has 3 rings (SSSR count). The minimum absolute atomic E-state index is 0.783. The molecule has 1 aromatic heterocycles. The Morgan fingerprint density at radius 1 is 1.39 bits per heavy atom. The summed E-state index contributed by atoms with van der Waals surface area (Å²) < 4.78 is 1.83. The van der Waals surface area contributed by atoms with Crippen molar-refractivity contribution >= 4 is 33.4 Å². The Kier molecular flexibility index (Phi) is 3.22. The number of aryl methyl sites for hydroxylation is 1. The van der Waals surface area contributed by atoms with Gasteiger partial charge in [0.05, 0.1) is 5.71 Å². The fourth-order valence-corrected chi connectivity index (χ4v) is 3.17. The van der Waals surface area contributed by atoms with Crippen molar-refractivity contribution in [1.29, 1.82) is 0 Å². The predicted octanol–water partition coefficient (Wildman–Crippen LogP) is 2.96. The highest BCUT2D eigenvalue weighted by atomic mass is 79.9. The molecule has 0 saturated heterocycles. The van der Waals surface area contributed by atoms with Crippen LogP contribution in [-0.4, -0.2) is 31.7 Å². The fraction of sp³-hybridized carbons (Fsp3) is 0.250. The summed E-state index contributed by atoms with van der Waals surface area (Å²) in [6, 6.07) is 8.23. The molecule has 0 atom stereocenters. The molecule has 92 valence electrons. The van der Waals surface area contributed by atoms with E-state index in [0.717, 1.165) is 33.3 Å². The monoisotopic (exact) mass is 322 g/mol. The topological polar surface area (TPSA) is 43.1 Å². The van der Waals surface area contributed by atoms with Crippen LogP contribution in [-0.2, 0) is 0 Å². The van der Waals surface area contributed by atoms with E-state index in [9.17, 15) is 0 Å². The molecule has 1 aromatic carbocycles. The Morgan fingerprint density at radius 2 is 2.28 bits per heavy atom. The highest BCUT2D eigenvalue weighted by Gasteiger charge is 2.19. The lowest BCUT2D eigenvalue weighted by molar-refractivity contribution is 0.761. The first-order valence-corrected chi connectivity index (χ1v) is 7.66. The van der Waals surface area contributed by atoms with Gasteiger partial charge in [0.1, 0.15) is 0 Å². The number of halogens is 1. The van der Waals surface area contributed by atoms with Crippen molar-refractivity contribution in [3.8, 4) is 11.4 Å². The molecule has 6 heteroatoms. The summed E-state index contributed by atoms with van der Waals surface area (Å²) in [5.74, 6) is 1.68. The van der Waals surface area contributed by atoms with Gasteiger partial charge in [0.15, 0.2) is 5.82 Å². The molecule has 2 heterocycles. The van der Waals surface area contributed by atoms with Crippen molar-refractivity contribution in [2.24, 2.45) is 5.10 Å². The highest BCUT2D eigenvalue weighted by molar-refractivity contribution is 9.09. The van der Waals surface area contributed by atoms with Crippen LogP contribution in [0.2, 0.25) is 0 Å². The molecule has 0 unspecified atom stereocenters. The number of thioether (sulfide) groups is 1. The summed E-state index contributed by atoms with van der Waals surface area (Å²) in [5.41, 5.74) is 3.35. The number of rotatable bonds is 2. The van der Waals surface area contributed by atoms with E-state index in [2.05, 4.69) is 50.3 Å². The van der Waals surface area contributed by atoms with E-state index < -0.39 is 0 Å². The third-order valence-corrected chi connectivity index (χ3v) is 4.29. The number of alkyl halides is 1. The van der Waals surface area contributed by atoms with Crippen LogP contribution in [0.25, 0.3) is 11.4 Å². The average molecular weight is 323 g/mol. The van der Waals surface area contributed by atoms with E-state index in [1.807, 2.05) is 16.8 Å². The molecule has 2 aromatic rings. The molecule has 0 aliphatic carbocycles. The van der Waals surface area contributed by atoms with E-state index in [4.69, 9.17) is 0 Å². The Bertz CT molecular complexity index is 620. The second-order valence-electron chi connectivity index (χ2n) is 4.08. The van der Waals surface area contributed by atoms with Gasteiger partial charge < -0.3 is 0 Å². The van der Waals surface area contributed by atoms with Crippen LogP contribution in [0, 0.1) is 6.92 Å². The third-order valence-electron chi connectivity index (χ3n) is 2.65. The van der Waals surface area contributed by atoms with E-state index in [1.165, 1.54) is 5.56 Å². The van der Waals surface area contributed by atoms with Crippen molar-refractivity contribution in [1.82, 2.24) is 14.9 Å². The number of nitrogens with zero attached hydrogens (tertiary/aromatic N) is 4. The molecule has 4 nitrogen and oxygen atoms in total. The maximum Gasteiger partial charge on any atom is 0.212 e. The van der Waals surface area contributed by atoms with E-state index >= 15 is 0 Å². The van der Waals surface area contributed by atoms with Gasteiger partial charge in [-0.05, 0) is 13.0 Å². The van der Waals surface area contributed by atoms with Crippen molar-refractivity contribution in [3.63, 3.8) is 0 Å². The summed E-state index contributed by atoms with van der Waals surface area (Å²) >= 11 is 5.11. The summed E-state index contributed by atoms with van der Waals surface area (Å²) in [6.45, 7) is 2.07. The predicted molar refractivity (Wildman–Crippen MR) is 77.5 cm³/mol. The maximum absolute atomic E-state index is 4.57. The zero-order valence-electron chi connectivity index (χ0n) is 9.80. The van der Waals surface area contributed by atoms with Crippen LogP contribution >= 0.6 is 27.7 Å². The lowest BCUT2D eigenvalue weighted by Gasteiger charge is -2.11. The summed E-state index contributed by atoms with van der Waals surface area (Å²) in [6.07, 6.45) is 0. The number of aromatic nitrogens is 3. The Balaban J connectivity index is 2.11. The van der Waals surface area contributed by atoms with Crippen LogP contribution in [0.5, 0.6) is 0 Å². The van der Waals surface area contributed by atoms with Crippen LogP contribution < -0.4 is 0 Å². The lowest BCUT2D eigenvalue weighted by Crippen LogP contribution is -2.13. The van der Waals surface area contributed by atoms with Gasteiger partial charge in [0, 0.05) is 16.6 Å². The molecule has 1 aliphatic rings. The molecular weight excluding hydrogens is 312 g/mol. The molecule has 0 radical (unpaired) electrons. The van der Waals surface area contributed by atoms with Crippen LogP contribution in [0.15, 0.2) is 34.5 Å². The van der Waals surface area contributed by atoms with Gasteiger partial charge in [-0.25, -0.2) is 0 Å². The number of hydrogen-bond donors (Lipinski definition) is 0. The Hall–Kier alpha value is -1.14. The number of hydrogen-bond acceptors (Lipinski definition) is 4. The van der Waals surface area contributed by atoms with Gasteiger partial charge >= 0.3 is 0 Å². The van der Waals surface area contributed by atoms with E-state index in [0.29, 0.717) is 0 Å². The minimum Gasteiger partial charge on any atom is -0.187 e. The second-order valence-corrected chi connectivity index (χ2v) is 5.58. The summed E-state index contributed by atoms with van der Waals surface area (Å²) in [4.78, 5) is 0. The van der Waals surface area contributed by atoms with Gasteiger partial charge in [-0.2, -0.15) is 9.78 Å². The third kappa shape index (κ3) is 2.10. The lowest BCUT2D eigenvalue weighted by atomic mass is 10.1. The highest BCUT2D eigenvalue weighted by Crippen LogP contribution is 2.27. The molecule has 0 bridgehead atoms. The van der Waals surface area contributed by atoms with Gasteiger partial charge in [0.25, 0.3) is 0 Å². The first-order chi connectivity index (χ1) is 8.78. The zero-order chi connectivity index (χ0) is 12.5. The standard InChI is InChI=1S/C12H11BrN4S/c1-8-3-2-4-9(5-8)11-14-15-12-17(11)16-10(6-13)7-18-12/h2-5H,6-7H2,1H3. The molecule has 0 N–H and O–H groups in total.